The van der Waals surface area contributed by atoms with Gasteiger partial charge in [-0.2, -0.15) is 0 Å². The largest absolute Gasteiger partial charge is 0.372 e. The highest BCUT2D eigenvalue weighted by Crippen LogP contribution is 2.29. The van der Waals surface area contributed by atoms with Gasteiger partial charge in [-0.05, 0) is 90.7 Å². The Morgan fingerprint density at radius 2 is 0.860 bits per heavy atom. The molecule has 0 heterocycles. The number of ether oxygens (including phenoxy) is 1. The smallest absolute Gasteiger partial charge is 0.182 e. The second-order valence-electron chi connectivity index (χ2n) is 13.0. The van der Waals surface area contributed by atoms with E-state index in [-0.39, 0.29) is 17.7 Å². The summed E-state index contributed by atoms with van der Waals surface area (Å²) in [6.07, 6.45) is 8.53. The molecule has 0 fully saturated rings. The predicted molar refractivity (Wildman–Crippen MR) is 181 cm³/mol. The molecule has 0 atom stereocenters. The summed E-state index contributed by atoms with van der Waals surface area (Å²) < 4.78 is 5.92. The van der Waals surface area contributed by atoms with E-state index < -0.39 is 11.1 Å². The van der Waals surface area contributed by atoms with Crippen LogP contribution in [0.2, 0.25) is 0 Å². The van der Waals surface area contributed by atoms with Crippen LogP contribution in [0.5, 0.6) is 0 Å². The number of carbonyl (C=O) groups excluding carboxylic acids is 2. The van der Waals surface area contributed by atoms with E-state index in [0.29, 0.717) is 0 Å². The van der Waals surface area contributed by atoms with Crippen molar-refractivity contribution in [3.05, 3.63) is 70.8 Å². The molecular weight excluding hydrogens is 532 g/mol. The average molecular weight is 593 g/mol. The zero-order chi connectivity index (χ0) is 32.0. The Hall–Kier alpha value is -2.34. The number of unbranched alkanes of at least 4 members (excludes halogenated alkanes) is 4. The third kappa shape index (κ3) is 9.83. The van der Waals surface area contributed by atoms with Gasteiger partial charge in [0, 0.05) is 18.2 Å². The normalized spacial score (nSPS) is 12.5. The number of carbonyl (C=O) groups is 2. The number of rotatable bonds is 21. The number of nitrogens with zero attached hydrogens (tertiary/aromatic N) is 2. The highest BCUT2D eigenvalue weighted by Gasteiger charge is 2.36. The van der Waals surface area contributed by atoms with Crippen LogP contribution in [0.25, 0.3) is 0 Å². The van der Waals surface area contributed by atoms with Crippen molar-refractivity contribution in [3.63, 3.8) is 0 Å². The molecule has 2 aromatic carbocycles. The summed E-state index contributed by atoms with van der Waals surface area (Å²) in [7, 11) is 1.70. The minimum atomic E-state index is -0.564. The van der Waals surface area contributed by atoms with Crippen LogP contribution in [0.4, 0.5) is 0 Å². The molecule has 43 heavy (non-hydrogen) atoms. The first-order valence-corrected chi connectivity index (χ1v) is 16.8. The zero-order valence-corrected chi connectivity index (χ0v) is 28.8. The van der Waals surface area contributed by atoms with E-state index in [1.54, 1.807) is 7.11 Å². The Balaban J connectivity index is 2.23. The molecule has 5 heteroatoms. The summed E-state index contributed by atoms with van der Waals surface area (Å²) in [6.45, 7) is 20.8. The summed E-state index contributed by atoms with van der Waals surface area (Å²) in [5.74, 6) is 0.301. The number of benzene rings is 2. The maximum atomic E-state index is 13.7. The first-order valence-electron chi connectivity index (χ1n) is 16.8. The molecule has 0 aliphatic carbocycles. The molecule has 0 radical (unpaired) electrons. The van der Waals surface area contributed by atoms with Crippen LogP contribution >= 0.6 is 0 Å². The Labute approximate surface area is 263 Å². The van der Waals surface area contributed by atoms with Gasteiger partial charge in [0.05, 0.1) is 11.1 Å². The van der Waals surface area contributed by atoms with E-state index >= 15 is 0 Å². The maximum absolute atomic E-state index is 13.7. The Morgan fingerprint density at radius 3 is 1.09 bits per heavy atom. The number of Topliss-reactive ketones (excluding diaryl/α,β-unsaturated/α-hetero) is 2. The maximum Gasteiger partial charge on any atom is 0.182 e. The molecular formula is C38H60N2O3. The van der Waals surface area contributed by atoms with Crippen molar-refractivity contribution in [1.29, 1.82) is 0 Å². The lowest BCUT2D eigenvalue weighted by Crippen LogP contribution is -2.51. The van der Waals surface area contributed by atoms with Crippen molar-refractivity contribution in [2.45, 2.75) is 124 Å². The van der Waals surface area contributed by atoms with Crippen molar-refractivity contribution in [1.82, 2.24) is 9.80 Å². The molecule has 0 bridgehead atoms. The van der Waals surface area contributed by atoms with Crippen molar-refractivity contribution < 1.29 is 14.3 Å². The summed E-state index contributed by atoms with van der Waals surface area (Å²) in [6, 6.07) is 15.7. The fraction of sp³-hybridized carbons (Fsp3) is 0.632. The minimum Gasteiger partial charge on any atom is -0.372 e. The van der Waals surface area contributed by atoms with Crippen molar-refractivity contribution >= 4 is 11.6 Å². The number of hydrogen-bond acceptors (Lipinski definition) is 5. The Kier molecular flexibility index (Phi) is 15.3. The predicted octanol–water partition coefficient (Wildman–Crippen LogP) is 9.15. The van der Waals surface area contributed by atoms with E-state index in [1.807, 2.05) is 48.5 Å². The SMILES string of the molecule is CCCCN(CCCC)C(C)(C)C(=O)c1ccc(C(OC)c2ccc(C(=O)C(C)(C)N(CCCC)CCCC)cc2)cc1. The van der Waals surface area contributed by atoms with Gasteiger partial charge in [0.2, 0.25) is 0 Å². The molecule has 2 aromatic rings. The van der Waals surface area contributed by atoms with Gasteiger partial charge in [-0.15, -0.1) is 0 Å². The van der Waals surface area contributed by atoms with Crippen LogP contribution < -0.4 is 0 Å². The van der Waals surface area contributed by atoms with E-state index in [9.17, 15) is 9.59 Å². The fourth-order valence-electron chi connectivity index (χ4n) is 5.81. The summed E-state index contributed by atoms with van der Waals surface area (Å²) in [5.41, 5.74) is 2.28. The minimum absolute atomic E-state index is 0.151. The van der Waals surface area contributed by atoms with Crippen LogP contribution in [0, 0.1) is 0 Å². The van der Waals surface area contributed by atoms with Gasteiger partial charge in [-0.3, -0.25) is 19.4 Å². The molecule has 0 spiro atoms. The van der Waals surface area contributed by atoms with Crippen molar-refractivity contribution in [2.75, 3.05) is 33.3 Å². The number of methoxy groups -OCH3 is 1. The summed E-state index contributed by atoms with van der Waals surface area (Å²) >= 11 is 0. The number of hydrogen-bond donors (Lipinski definition) is 0. The first kappa shape index (κ1) is 36.8. The van der Waals surface area contributed by atoms with E-state index in [0.717, 1.165) is 99.8 Å². The molecule has 0 aliphatic rings. The molecule has 240 valence electrons. The van der Waals surface area contributed by atoms with Gasteiger partial charge in [-0.1, -0.05) is 102 Å². The highest BCUT2D eigenvalue weighted by molar-refractivity contribution is 6.03. The van der Waals surface area contributed by atoms with Crippen LogP contribution in [-0.2, 0) is 4.74 Å². The summed E-state index contributed by atoms with van der Waals surface area (Å²) in [5, 5.41) is 0. The van der Waals surface area contributed by atoms with Gasteiger partial charge < -0.3 is 4.74 Å². The highest BCUT2D eigenvalue weighted by atomic mass is 16.5. The lowest BCUT2D eigenvalue weighted by molar-refractivity contribution is 0.0626. The molecule has 0 saturated carbocycles. The van der Waals surface area contributed by atoms with E-state index in [4.69, 9.17) is 4.74 Å². The van der Waals surface area contributed by atoms with Gasteiger partial charge >= 0.3 is 0 Å². The van der Waals surface area contributed by atoms with Crippen LogP contribution in [0.1, 0.15) is 145 Å². The molecule has 0 N–H and O–H groups in total. The zero-order valence-electron chi connectivity index (χ0n) is 28.8. The average Bonchev–Trinajstić information content (AvgIpc) is 3.01. The molecule has 0 saturated heterocycles. The monoisotopic (exact) mass is 592 g/mol. The first-order chi connectivity index (χ1) is 20.5. The van der Waals surface area contributed by atoms with E-state index in [2.05, 4.69) is 65.2 Å². The van der Waals surface area contributed by atoms with Crippen LogP contribution in [0.15, 0.2) is 48.5 Å². The van der Waals surface area contributed by atoms with Gasteiger partial charge in [0.25, 0.3) is 0 Å². The molecule has 0 aromatic heterocycles. The van der Waals surface area contributed by atoms with Gasteiger partial charge in [0.15, 0.2) is 11.6 Å². The Morgan fingerprint density at radius 1 is 0.581 bits per heavy atom. The molecule has 0 aliphatic heterocycles. The third-order valence-corrected chi connectivity index (χ3v) is 9.01. The Bertz CT molecular complexity index is 1000. The van der Waals surface area contributed by atoms with E-state index in [1.165, 1.54) is 0 Å². The van der Waals surface area contributed by atoms with Crippen molar-refractivity contribution in [2.24, 2.45) is 0 Å². The lowest BCUT2D eigenvalue weighted by Gasteiger charge is -2.37. The van der Waals surface area contributed by atoms with Crippen LogP contribution in [0.3, 0.4) is 0 Å². The molecule has 0 amide bonds. The molecule has 5 nitrogen and oxygen atoms in total. The summed E-state index contributed by atoms with van der Waals surface area (Å²) in [4.78, 5) is 32.1. The fourth-order valence-corrected chi connectivity index (χ4v) is 5.81. The van der Waals surface area contributed by atoms with Gasteiger partial charge in [0.1, 0.15) is 6.10 Å². The third-order valence-electron chi connectivity index (χ3n) is 9.01. The lowest BCUT2D eigenvalue weighted by atomic mass is 9.88. The standard InChI is InChI=1S/C38H60N2O3/c1-10-14-26-39(27-15-11-2)37(5,6)35(41)32-22-18-30(19-23-32)34(43-9)31-20-24-33(25-21-31)36(42)38(7,8)40(28-16-12-3)29-17-13-4/h18-25,34H,10-17,26-29H2,1-9H3. The molecule has 0 unspecified atom stereocenters. The quantitative estimate of drug-likeness (QED) is 0.135. The second kappa shape index (κ2) is 17.8. The second-order valence-corrected chi connectivity index (χ2v) is 13.0. The van der Waals surface area contributed by atoms with Crippen LogP contribution in [-0.4, -0.2) is 65.7 Å². The molecule has 2 rings (SSSR count). The number of ketones is 2. The van der Waals surface area contributed by atoms with Gasteiger partial charge in [-0.25, -0.2) is 0 Å². The topological polar surface area (TPSA) is 49.9 Å². The van der Waals surface area contributed by atoms with Crippen molar-refractivity contribution in [3.8, 4) is 0 Å².